The highest BCUT2D eigenvalue weighted by Crippen LogP contribution is 2.35. The number of morpholine rings is 1. The monoisotopic (exact) mass is 413 g/mol. The molecule has 158 valence electrons. The lowest BCUT2D eigenvalue weighted by atomic mass is 9.90. The van der Waals surface area contributed by atoms with Crippen LogP contribution in [0.4, 0.5) is 9.18 Å². The summed E-state index contributed by atoms with van der Waals surface area (Å²) in [6.07, 6.45) is 2.01. The van der Waals surface area contributed by atoms with E-state index in [2.05, 4.69) is 0 Å². The molecule has 0 saturated carbocycles. The van der Waals surface area contributed by atoms with Gasteiger partial charge in [0.2, 0.25) is 0 Å². The number of halogens is 1. The summed E-state index contributed by atoms with van der Waals surface area (Å²) in [5.41, 5.74) is 2.29. The van der Waals surface area contributed by atoms with E-state index in [1.165, 1.54) is 13.2 Å². The second kappa shape index (κ2) is 9.28. The smallest absolute Gasteiger partial charge is 0.411 e. The number of hydrogen-bond acceptors (Lipinski definition) is 5. The van der Waals surface area contributed by atoms with Crippen LogP contribution in [0.15, 0.2) is 54.6 Å². The molecule has 2 bridgehead atoms. The first kappa shape index (κ1) is 20.4. The predicted molar refractivity (Wildman–Crippen MR) is 108 cm³/mol. The van der Waals surface area contributed by atoms with E-state index in [4.69, 9.17) is 18.9 Å². The molecule has 1 fully saturated rings. The Balaban J connectivity index is 1.48. The van der Waals surface area contributed by atoms with Crippen molar-refractivity contribution in [3.8, 4) is 5.75 Å². The zero-order valence-electron chi connectivity index (χ0n) is 16.8. The van der Waals surface area contributed by atoms with Crippen LogP contribution in [-0.4, -0.2) is 50.2 Å². The molecule has 2 aliphatic heterocycles. The van der Waals surface area contributed by atoms with Crippen molar-refractivity contribution < 1.29 is 28.1 Å². The van der Waals surface area contributed by atoms with Crippen LogP contribution >= 0.6 is 0 Å². The summed E-state index contributed by atoms with van der Waals surface area (Å²) >= 11 is 0. The van der Waals surface area contributed by atoms with Gasteiger partial charge in [-0.25, -0.2) is 9.18 Å². The minimum atomic E-state index is -0.378. The first-order valence-electron chi connectivity index (χ1n) is 9.85. The molecule has 4 rings (SSSR count). The summed E-state index contributed by atoms with van der Waals surface area (Å²) in [5.74, 6) is 0.0399. The molecule has 1 saturated heterocycles. The fourth-order valence-corrected chi connectivity index (χ4v) is 3.85. The van der Waals surface area contributed by atoms with Crippen molar-refractivity contribution in [2.45, 2.75) is 25.1 Å². The third-order valence-electron chi connectivity index (χ3n) is 5.24. The van der Waals surface area contributed by atoms with E-state index in [0.29, 0.717) is 30.9 Å². The number of rotatable bonds is 6. The number of benzene rings is 2. The van der Waals surface area contributed by atoms with Gasteiger partial charge in [0.25, 0.3) is 0 Å². The molecule has 2 aliphatic rings. The van der Waals surface area contributed by atoms with Crippen LogP contribution < -0.4 is 4.74 Å². The molecular weight excluding hydrogens is 389 g/mol. The average Bonchev–Trinajstić information content (AvgIpc) is 2.76. The molecule has 7 heteroatoms. The Hall–Kier alpha value is -2.90. The fourth-order valence-electron chi connectivity index (χ4n) is 3.85. The van der Waals surface area contributed by atoms with Crippen LogP contribution in [0.1, 0.15) is 17.5 Å². The first-order valence-corrected chi connectivity index (χ1v) is 9.85. The highest BCUT2D eigenvalue weighted by Gasteiger charge is 2.39. The van der Waals surface area contributed by atoms with Gasteiger partial charge in [-0.15, -0.1) is 0 Å². The second-order valence-electron chi connectivity index (χ2n) is 7.29. The van der Waals surface area contributed by atoms with Crippen LogP contribution in [0.2, 0.25) is 0 Å². The zero-order chi connectivity index (χ0) is 20.9. The van der Waals surface area contributed by atoms with Gasteiger partial charge in [0, 0.05) is 18.7 Å². The highest BCUT2D eigenvalue weighted by molar-refractivity contribution is 5.75. The lowest BCUT2D eigenvalue weighted by molar-refractivity contribution is -0.0342. The van der Waals surface area contributed by atoms with Crippen LogP contribution in [0.25, 0.3) is 5.57 Å². The molecular formula is C23H24FNO5. The van der Waals surface area contributed by atoms with E-state index in [1.54, 1.807) is 17.0 Å². The summed E-state index contributed by atoms with van der Waals surface area (Å²) < 4.78 is 36.0. The maximum atomic E-state index is 14.7. The molecule has 0 N–H and O–H groups in total. The molecule has 1 amide bonds. The summed E-state index contributed by atoms with van der Waals surface area (Å²) in [6, 6.07) is 13.8. The normalized spacial score (nSPS) is 20.5. The third-order valence-corrected chi connectivity index (χ3v) is 5.24. The third kappa shape index (κ3) is 4.47. The zero-order valence-corrected chi connectivity index (χ0v) is 16.8. The summed E-state index contributed by atoms with van der Waals surface area (Å²) in [6.45, 7) is 1.02. The minimum absolute atomic E-state index is 0.0586. The number of carbonyl (C=O) groups is 1. The summed E-state index contributed by atoms with van der Waals surface area (Å²) in [4.78, 5) is 14.5. The SMILES string of the molecule is COCOc1ccc(C2=CC3COCC(C2)N3C(=O)OCc2ccccc2)c(F)c1. The molecule has 0 aliphatic carbocycles. The van der Waals surface area contributed by atoms with Crippen molar-refractivity contribution in [2.75, 3.05) is 27.1 Å². The van der Waals surface area contributed by atoms with Crippen LogP contribution in [0.5, 0.6) is 5.75 Å². The Kier molecular flexibility index (Phi) is 6.30. The minimum Gasteiger partial charge on any atom is -0.467 e. The van der Waals surface area contributed by atoms with Gasteiger partial charge in [-0.1, -0.05) is 36.4 Å². The maximum Gasteiger partial charge on any atom is 0.411 e. The number of hydrogen-bond donors (Lipinski definition) is 0. The van der Waals surface area contributed by atoms with E-state index in [0.717, 1.165) is 11.1 Å². The Bertz CT molecular complexity index is 917. The number of ether oxygens (including phenoxy) is 4. The van der Waals surface area contributed by atoms with Crippen molar-refractivity contribution >= 4 is 11.7 Å². The molecule has 2 aromatic rings. The number of carbonyl (C=O) groups excluding carboxylic acids is 1. The molecule has 0 aromatic heterocycles. The fraction of sp³-hybridized carbons (Fsp3) is 0.348. The largest absolute Gasteiger partial charge is 0.467 e. The van der Waals surface area contributed by atoms with Gasteiger partial charge >= 0.3 is 6.09 Å². The average molecular weight is 413 g/mol. The van der Waals surface area contributed by atoms with E-state index >= 15 is 0 Å². The van der Waals surface area contributed by atoms with Gasteiger partial charge in [-0.05, 0) is 29.7 Å². The number of fused-ring (bicyclic) bond motifs is 2. The Morgan fingerprint density at radius 2 is 2.03 bits per heavy atom. The predicted octanol–water partition coefficient (Wildman–Crippen LogP) is 4.00. The molecule has 6 nitrogen and oxygen atoms in total. The number of amides is 1. The quantitative estimate of drug-likeness (QED) is 0.670. The van der Waals surface area contributed by atoms with Crippen LogP contribution in [0.3, 0.4) is 0 Å². The van der Waals surface area contributed by atoms with E-state index in [1.807, 2.05) is 36.4 Å². The lowest BCUT2D eigenvalue weighted by Gasteiger charge is -2.43. The van der Waals surface area contributed by atoms with E-state index < -0.39 is 0 Å². The van der Waals surface area contributed by atoms with E-state index in [-0.39, 0.29) is 37.4 Å². The van der Waals surface area contributed by atoms with Gasteiger partial charge in [-0.3, -0.25) is 4.90 Å². The second-order valence-corrected chi connectivity index (χ2v) is 7.29. The van der Waals surface area contributed by atoms with Gasteiger partial charge < -0.3 is 18.9 Å². The highest BCUT2D eigenvalue weighted by atomic mass is 19.1. The number of methoxy groups -OCH3 is 1. The van der Waals surface area contributed by atoms with Crippen molar-refractivity contribution in [2.24, 2.45) is 0 Å². The molecule has 0 spiro atoms. The molecule has 2 heterocycles. The van der Waals surface area contributed by atoms with Gasteiger partial charge in [0.05, 0.1) is 25.3 Å². The van der Waals surface area contributed by atoms with Gasteiger partial charge in [0.15, 0.2) is 6.79 Å². The number of nitrogens with zero attached hydrogens (tertiary/aromatic N) is 1. The molecule has 0 radical (unpaired) electrons. The molecule has 2 atom stereocenters. The summed E-state index contributed by atoms with van der Waals surface area (Å²) in [7, 11) is 1.51. The molecule has 2 aromatic carbocycles. The van der Waals surface area contributed by atoms with E-state index in [9.17, 15) is 9.18 Å². The lowest BCUT2D eigenvalue weighted by Crippen LogP contribution is -2.56. The Morgan fingerprint density at radius 1 is 1.20 bits per heavy atom. The maximum absolute atomic E-state index is 14.7. The topological polar surface area (TPSA) is 57.2 Å². The van der Waals surface area contributed by atoms with Crippen molar-refractivity contribution in [1.82, 2.24) is 4.90 Å². The standard InChI is InChI=1S/C23H24FNO5/c1-27-15-30-20-7-8-21(22(24)11-20)17-9-18-13-28-14-19(10-17)25(18)23(26)29-12-16-5-3-2-4-6-16/h2-9,11,18-19H,10,12-15H2,1H3. The van der Waals surface area contributed by atoms with Crippen molar-refractivity contribution in [1.29, 1.82) is 0 Å². The Morgan fingerprint density at radius 3 is 2.77 bits per heavy atom. The molecule has 2 unspecified atom stereocenters. The van der Waals surface area contributed by atoms with Crippen LogP contribution in [-0.2, 0) is 20.8 Å². The molecule has 30 heavy (non-hydrogen) atoms. The van der Waals surface area contributed by atoms with Crippen molar-refractivity contribution in [3.63, 3.8) is 0 Å². The summed E-state index contributed by atoms with van der Waals surface area (Å²) in [5, 5.41) is 0. The first-order chi connectivity index (χ1) is 14.7. The van der Waals surface area contributed by atoms with Gasteiger partial charge in [-0.2, -0.15) is 0 Å². The van der Waals surface area contributed by atoms with Crippen LogP contribution in [0, 0.1) is 5.82 Å². The Labute approximate surface area is 174 Å². The van der Waals surface area contributed by atoms with Gasteiger partial charge in [0.1, 0.15) is 18.2 Å². The van der Waals surface area contributed by atoms with Crippen molar-refractivity contribution in [3.05, 3.63) is 71.6 Å².